The van der Waals surface area contributed by atoms with E-state index in [0.717, 1.165) is 12.8 Å². The van der Waals surface area contributed by atoms with E-state index >= 15 is 0 Å². The van der Waals surface area contributed by atoms with E-state index in [-0.39, 0.29) is 36.3 Å². The van der Waals surface area contributed by atoms with Gasteiger partial charge in [-0.1, -0.05) is 12.8 Å². The SMILES string of the molecule is CC(C)(C)S(=O)(=O)CCN=C(N)NC1CCCC1.I. The van der Waals surface area contributed by atoms with Crippen molar-refractivity contribution < 1.29 is 8.42 Å². The molecule has 0 saturated heterocycles. The number of nitrogens with one attached hydrogen (secondary N) is 1. The number of sulfone groups is 1. The molecular formula is C12H26IN3O2S. The lowest BCUT2D eigenvalue weighted by atomic mass is 10.2. The summed E-state index contributed by atoms with van der Waals surface area (Å²) < 4.78 is 23.0. The number of nitrogens with zero attached hydrogens (tertiary/aromatic N) is 1. The highest BCUT2D eigenvalue weighted by Crippen LogP contribution is 2.17. The number of nitrogens with two attached hydrogens (primary N) is 1. The molecule has 3 N–H and O–H groups in total. The highest BCUT2D eigenvalue weighted by Gasteiger charge is 2.28. The molecule has 0 unspecified atom stereocenters. The molecule has 0 bridgehead atoms. The molecule has 1 aliphatic rings. The topological polar surface area (TPSA) is 84.5 Å². The summed E-state index contributed by atoms with van der Waals surface area (Å²) in [4.78, 5) is 4.09. The van der Waals surface area contributed by atoms with Crippen molar-refractivity contribution in [3.8, 4) is 0 Å². The summed E-state index contributed by atoms with van der Waals surface area (Å²) in [5.74, 6) is 0.412. The molecule has 0 heterocycles. The molecule has 0 aliphatic heterocycles. The number of rotatable bonds is 4. The number of hydrogen-bond donors (Lipinski definition) is 2. The zero-order valence-corrected chi connectivity index (χ0v) is 15.1. The second-order valence-electron chi connectivity index (χ2n) is 5.82. The molecule has 1 rings (SSSR count). The minimum Gasteiger partial charge on any atom is -0.370 e. The number of hydrogen-bond acceptors (Lipinski definition) is 3. The summed E-state index contributed by atoms with van der Waals surface area (Å²) in [6, 6.07) is 0.410. The minimum atomic E-state index is -3.11. The van der Waals surface area contributed by atoms with Gasteiger partial charge in [-0.05, 0) is 33.6 Å². The summed E-state index contributed by atoms with van der Waals surface area (Å²) in [5.41, 5.74) is 5.74. The molecular weight excluding hydrogens is 377 g/mol. The normalized spacial score (nSPS) is 18.2. The predicted octanol–water partition coefficient (Wildman–Crippen LogP) is 1.66. The van der Waals surface area contributed by atoms with Crippen LogP contribution in [-0.4, -0.2) is 37.5 Å². The molecule has 0 spiro atoms. The van der Waals surface area contributed by atoms with Crippen molar-refractivity contribution in [3.05, 3.63) is 0 Å². The van der Waals surface area contributed by atoms with E-state index < -0.39 is 14.6 Å². The van der Waals surface area contributed by atoms with Crippen LogP contribution >= 0.6 is 24.0 Å². The van der Waals surface area contributed by atoms with Crippen molar-refractivity contribution >= 4 is 39.8 Å². The van der Waals surface area contributed by atoms with Crippen LogP contribution in [0.15, 0.2) is 4.99 Å². The average Bonchev–Trinajstić information content (AvgIpc) is 2.68. The van der Waals surface area contributed by atoms with Gasteiger partial charge in [0, 0.05) is 6.04 Å². The first-order valence-electron chi connectivity index (χ1n) is 6.51. The average molecular weight is 403 g/mol. The van der Waals surface area contributed by atoms with E-state index in [0.29, 0.717) is 12.0 Å². The van der Waals surface area contributed by atoms with E-state index in [1.807, 2.05) is 0 Å². The molecule has 19 heavy (non-hydrogen) atoms. The van der Waals surface area contributed by atoms with Gasteiger partial charge in [0.25, 0.3) is 0 Å². The number of aliphatic imine (C=N–C) groups is 1. The molecule has 0 amide bonds. The summed E-state index contributed by atoms with van der Waals surface area (Å²) in [6.45, 7) is 5.33. The Morgan fingerprint density at radius 1 is 1.32 bits per heavy atom. The largest absolute Gasteiger partial charge is 0.370 e. The van der Waals surface area contributed by atoms with Crippen LogP contribution in [0.25, 0.3) is 0 Å². The van der Waals surface area contributed by atoms with Gasteiger partial charge in [-0.3, -0.25) is 4.99 Å². The van der Waals surface area contributed by atoms with Crippen molar-refractivity contribution in [1.29, 1.82) is 0 Å². The third kappa shape index (κ3) is 6.29. The first-order valence-corrected chi connectivity index (χ1v) is 8.16. The number of guanidine groups is 1. The van der Waals surface area contributed by atoms with Crippen molar-refractivity contribution in [2.45, 2.75) is 57.2 Å². The van der Waals surface area contributed by atoms with Gasteiger partial charge in [0.05, 0.1) is 17.0 Å². The predicted molar refractivity (Wildman–Crippen MR) is 90.8 cm³/mol. The van der Waals surface area contributed by atoms with Crippen LogP contribution in [-0.2, 0) is 9.84 Å². The van der Waals surface area contributed by atoms with Crippen LogP contribution in [0.4, 0.5) is 0 Å². The third-order valence-electron chi connectivity index (χ3n) is 3.28. The van der Waals surface area contributed by atoms with E-state index in [9.17, 15) is 8.42 Å². The number of halogens is 1. The molecule has 114 valence electrons. The van der Waals surface area contributed by atoms with E-state index in [1.54, 1.807) is 20.8 Å². The molecule has 1 saturated carbocycles. The van der Waals surface area contributed by atoms with Gasteiger partial charge in [0.15, 0.2) is 15.8 Å². The maximum absolute atomic E-state index is 11.8. The second-order valence-corrected chi connectivity index (χ2v) is 8.69. The van der Waals surface area contributed by atoms with E-state index in [2.05, 4.69) is 10.3 Å². The van der Waals surface area contributed by atoms with E-state index in [1.165, 1.54) is 12.8 Å². The highest BCUT2D eigenvalue weighted by molar-refractivity contribution is 14.0. The lowest BCUT2D eigenvalue weighted by Gasteiger charge is -2.18. The Kier molecular flexibility index (Phi) is 7.64. The summed E-state index contributed by atoms with van der Waals surface area (Å²) in [7, 11) is -3.11. The van der Waals surface area contributed by atoms with Gasteiger partial charge in [-0.2, -0.15) is 0 Å². The van der Waals surface area contributed by atoms with Gasteiger partial charge in [0.1, 0.15) is 0 Å². The maximum atomic E-state index is 11.8. The van der Waals surface area contributed by atoms with Crippen molar-refractivity contribution in [3.63, 3.8) is 0 Å². The van der Waals surface area contributed by atoms with Crippen molar-refractivity contribution in [2.24, 2.45) is 10.7 Å². The Labute approximate surface area is 133 Å². The van der Waals surface area contributed by atoms with Gasteiger partial charge in [-0.25, -0.2) is 8.42 Å². The highest BCUT2D eigenvalue weighted by atomic mass is 127. The Bertz CT molecular complexity index is 396. The molecule has 0 aromatic heterocycles. The monoisotopic (exact) mass is 403 g/mol. The van der Waals surface area contributed by atoms with Crippen molar-refractivity contribution in [1.82, 2.24) is 5.32 Å². The van der Waals surface area contributed by atoms with Gasteiger partial charge < -0.3 is 11.1 Å². The Morgan fingerprint density at radius 3 is 2.32 bits per heavy atom. The molecule has 0 radical (unpaired) electrons. The zero-order chi connectivity index (χ0) is 13.8. The van der Waals surface area contributed by atoms with Gasteiger partial charge in [0.2, 0.25) is 0 Å². The smallest absolute Gasteiger partial charge is 0.188 e. The summed E-state index contributed by atoms with van der Waals surface area (Å²) in [5, 5.41) is 3.14. The molecule has 1 aliphatic carbocycles. The maximum Gasteiger partial charge on any atom is 0.188 e. The van der Waals surface area contributed by atoms with Crippen molar-refractivity contribution in [2.75, 3.05) is 12.3 Å². The first-order chi connectivity index (χ1) is 8.22. The molecule has 1 fully saturated rings. The zero-order valence-electron chi connectivity index (χ0n) is 12.0. The lowest BCUT2D eigenvalue weighted by Crippen LogP contribution is -2.39. The standard InChI is InChI=1S/C12H25N3O2S.HI/c1-12(2,3)18(16,17)9-8-14-11(13)15-10-6-4-5-7-10;/h10H,4-9H2,1-3H3,(H3,13,14,15);1H. The van der Waals surface area contributed by atoms with Crippen LogP contribution in [0.3, 0.4) is 0 Å². The molecule has 0 aromatic rings. The first kappa shape index (κ1) is 18.9. The van der Waals surface area contributed by atoms with Crippen LogP contribution in [0.5, 0.6) is 0 Å². The molecule has 0 atom stereocenters. The van der Waals surface area contributed by atoms with Gasteiger partial charge in [-0.15, -0.1) is 24.0 Å². The fraction of sp³-hybridized carbons (Fsp3) is 0.917. The Morgan fingerprint density at radius 2 is 1.84 bits per heavy atom. The van der Waals surface area contributed by atoms with Crippen LogP contribution in [0.2, 0.25) is 0 Å². The van der Waals surface area contributed by atoms with E-state index in [4.69, 9.17) is 5.73 Å². The molecule has 7 heteroatoms. The lowest BCUT2D eigenvalue weighted by molar-refractivity contribution is 0.560. The van der Waals surface area contributed by atoms with Crippen LogP contribution in [0, 0.1) is 0 Å². The summed E-state index contributed by atoms with van der Waals surface area (Å²) >= 11 is 0. The fourth-order valence-electron chi connectivity index (χ4n) is 1.92. The van der Waals surface area contributed by atoms with Crippen LogP contribution < -0.4 is 11.1 Å². The molecule has 0 aromatic carbocycles. The fourth-order valence-corrected chi connectivity index (χ4v) is 2.86. The Balaban J connectivity index is 0.00000324. The Hall–Kier alpha value is -0.0500. The summed E-state index contributed by atoms with van der Waals surface area (Å²) in [6.07, 6.45) is 4.69. The molecule has 5 nitrogen and oxygen atoms in total. The quantitative estimate of drug-likeness (QED) is 0.425. The second kappa shape index (κ2) is 7.66. The minimum absolute atomic E-state index is 0. The van der Waals surface area contributed by atoms with Crippen LogP contribution in [0.1, 0.15) is 46.5 Å². The third-order valence-corrected chi connectivity index (χ3v) is 5.87. The van der Waals surface area contributed by atoms with Gasteiger partial charge >= 0.3 is 0 Å².